The van der Waals surface area contributed by atoms with Crippen LogP contribution in [0.15, 0.2) is 78.9 Å². The number of piperazine rings is 1. The normalized spacial score (nSPS) is 13.6. The number of carbonyl (C=O) groups excluding carboxylic acids is 1. The number of nitriles is 1. The van der Waals surface area contributed by atoms with Crippen LogP contribution in [0, 0.1) is 11.3 Å². The Balaban J connectivity index is 1.41. The highest BCUT2D eigenvalue weighted by atomic mass is 16.5. The first-order valence-electron chi connectivity index (χ1n) is 12.4. The van der Waals surface area contributed by atoms with Gasteiger partial charge in [-0.05, 0) is 35.6 Å². The third-order valence-electron chi connectivity index (χ3n) is 6.23. The zero-order valence-corrected chi connectivity index (χ0v) is 20.6. The van der Waals surface area contributed by atoms with Crippen molar-refractivity contribution in [2.75, 3.05) is 57.7 Å². The topological polar surface area (TPSA) is 80.6 Å². The lowest BCUT2D eigenvalue weighted by Gasteiger charge is -2.30. The molecule has 7 heteroatoms. The standard InChI is InChI=1S/C29H33N5O2/c1-23(21-33-17-14-31-15-18-33)22-34(16-7-19-36-28-13-5-3-9-25(28)20-30)29(35)32-27-12-6-10-24-8-2-4-11-26(24)27/h2-6,8-13,31H,1,7,14-19,21-22H2,(H,32,35). The van der Waals surface area contributed by atoms with Crippen molar-refractivity contribution >= 4 is 22.5 Å². The number of carbonyl (C=O) groups is 1. The lowest BCUT2D eigenvalue weighted by atomic mass is 10.1. The van der Waals surface area contributed by atoms with Crippen LogP contribution in [0.5, 0.6) is 5.75 Å². The average Bonchev–Trinajstić information content (AvgIpc) is 2.91. The Morgan fingerprint density at radius 2 is 1.83 bits per heavy atom. The molecule has 0 bridgehead atoms. The zero-order chi connectivity index (χ0) is 25.2. The molecule has 2 amide bonds. The van der Waals surface area contributed by atoms with Crippen molar-refractivity contribution < 1.29 is 9.53 Å². The van der Waals surface area contributed by atoms with E-state index in [-0.39, 0.29) is 6.03 Å². The monoisotopic (exact) mass is 483 g/mol. The van der Waals surface area contributed by atoms with Gasteiger partial charge in [-0.15, -0.1) is 0 Å². The highest BCUT2D eigenvalue weighted by molar-refractivity contribution is 6.01. The number of nitrogens with one attached hydrogen (secondary N) is 2. The van der Waals surface area contributed by atoms with Crippen LogP contribution in [0.2, 0.25) is 0 Å². The molecule has 3 aromatic rings. The molecule has 7 nitrogen and oxygen atoms in total. The van der Waals surface area contributed by atoms with Crippen LogP contribution >= 0.6 is 0 Å². The summed E-state index contributed by atoms with van der Waals surface area (Å²) in [6, 6.07) is 23.1. The molecule has 1 saturated heterocycles. The van der Waals surface area contributed by atoms with Gasteiger partial charge in [0, 0.05) is 51.2 Å². The van der Waals surface area contributed by atoms with Crippen LogP contribution in [0.3, 0.4) is 0 Å². The Bertz CT molecular complexity index is 1220. The summed E-state index contributed by atoms with van der Waals surface area (Å²) in [6.45, 7) is 10.3. The molecule has 0 radical (unpaired) electrons. The fourth-order valence-electron chi connectivity index (χ4n) is 4.41. The molecule has 186 valence electrons. The van der Waals surface area contributed by atoms with E-state index in [4.69, 9.17) is 4.74 Å². The van der Waals surface area contributed by atoms with Crippen LogP contribution in [-0.4, -0.2) is 68.3 Å². The van der Waals surface area contributed by atoms with E-state index in [0.29, 0.717) is 37.4 Å². The Hall–Kier alpha value is -3.86. The van der Waals surface area contributed by atoms with Crippen molar-refractivity contribution in [3.05, 3.63) is 84.4 Å². The molecular formula is C29H33N5O2. The predicted molar refractivity (Wildman–Crippen MR) is 144 cm³/mol. The van der Waals surface area contributed by atoms with Gasteiger partial charge in [0.15, 0.2) is 0 Å². The molecule has 4 rings (SSSR count). The second kappa shape index (κ2) is 12.7. The molecule has 0 atom stereocenters. The maximum Gasteiger partial charge on any atom is 0.322 e. The number of ether oxygens (including phenoxy) is 1. The summed E-state index contributed by atoms with van der Waals surface area (Å²) in [6.07, 6.45) is 0.629. The summed E-state index contributed by atoms with van der Waals surface area (Å²) >= 11 is 0. The molecule has 2 N–H and O–H groups in total. The van der Waals surface area contributed by atoms with Crippen molar-refractivity contribution in [2.24, 2.45) is 0 Å². The van der Waals surface area contributed by atoms with E-state index in [2.05, 4.69) is 28.2 Å². The minimum absolute atomic E-state index is 0.162. The fraction of sp³-hybridized carbons (Fsp3) is 0.310. The van der Waals surface area contributed by atoms with Gasteiger partial charge in [-0.1, -0.05) is 55.1 Å². The molecule has 1 aliphatic heterocycles. The van der Waals surface area contributed by atoms with Gasteiger partial charge in [-0.3, -0.25) is 4.90 Å². The Morgan fingerprint density at radius 1 is 1.08 bits per heavy atom. The van der Waals surface area contributed by atoms with Crippen molar-refractivity contribution in [3.63, 3.8) is 0 Å². The SMILES string of the molecule is C=C(CN1CCNCC1)CN(CCCOc1ccccc1C#N)C(=O)Nc1cccc2ccccc12. The summed E-state index contributed by atoms with van der Waals surface area (Å²) in [4.78, 5) is 17.6. The number of benzene rings is 3. The number of rotatable bonds is 10. The molecular weight excluding hydrogens is 450 g/mol. The van der Waals surface area contributed by atoms with Gasteiger partial charge in [0.2, 0.25) is 0 Å². The molecule has 1 fully saturated rings. The van der Waals surface area contributed by atoms with E-state index in [0.717, 1.165) is 54.8 Å². The van der Waals surface area contributed by atoms with E-state index >= 15 is 0 Å². The first kappa shape index (κ1) is 25.2. The van der Waals surface area contributed by atoms with Crippen LogP contribution in [0.25, 0.3) is 10.8 Å². The van der Waals surface area contributed by atoms with E-state index in [1.165, 1.54) is 0 Å². The summed E-state index contributed by atoms with van der Waals surface area (Å²) < 4.78 is 5.84. The number of amides is 2. The molecule has 3 aromatic carbocycles. The second-order valence-corrected chi connectivity index (χ2v) is 8.96. The first-order chi connectivity index (χ1) is 17.6. The van der Waals surface area contributed by atoms with Gasteiger partial charge in [0.05, 0.1) is 17.9 Å². The van der Waals surface area contributed by atoms with Crippen LogP contribution in [-0.2, 0) is 0 Å². The minimum atomic E-state index is -0.162. The summed E-state index contributed by atoms with van der Waals surface area (Å²) in [5.41, 5.74) is 2.29. The third kappa shape index (κ3) is 6.85. The van der Waals surface area contributed by atoms with E-state index in [1.807, 2.05) is 54.6 Å². The van der Waals surface area contributed by atoms with Gasteiger partial charge in [0.1, 0.15) is 11.8 Å². The van der Waals surface area contributed by atoms with Crippen LogP contribution in [0.1, 0.15) is 12.0 Å². The van der Waals surface area contributed by atoms with E-state index in [1.54, 1.807) is 17.0 Å². The highest BCUT2D eigenvalue weighted by Crippen LogP contribution is 2.23. The lowest BCUT2D eigenvalue weighted by Crippen LogP contribution is -2.45. The first-order valence-corrected chi connectivity index (χ1v) is 12.4. The maximum atomic E-state index is 13.4. The van der Waals surface area contributed by atoms with Gasteiger partial charge >= 0.3 is 6.03 Å². The van der Waals surface area contributed by atoms with Gasteiger partial charge < -0.3 is 20.3 Å². The Morgan fingerprint density at radius 3 is 2.67 bits per heavy atom. The number of urea groups is 1. The largest absolute Gasteiger partial charge is 0.492 e. The molecule has 36 heavy (non-hydrogen) atoms. The number of fused-ring (bicyclic) bond motifs is 1. The van der Waals surface area contributed by atoms with Crippen molar-refractivity contribution in [1.82, 2.24) is 15.1 Å². The molecule has 0 saturated carbocycles. The van der Waals surface area contributed by atoms with Crippen LogP contribution in [0.4, 0.5) is 10.5 Å². The number of hydrogen-bond acceptors (Lipinski definition) is 5. The Labute approximate surface area is 213 Å². The highest BCUT2D eigenvalue weighted by Gasteiger charge is 2.18. The second-order valence-electron chi connectivity index (χ2n) is 8.96. The average molecular weight is 484 g/mol. The van der Waals surface area contributed by atoms with Crippen molar-refractivity contribution in [1.29, 1.82) is 5.26 Å². The van der Waals surface area contributed by atoms with Gasteiger partial charge in [-0.2, -0.15) is 5.26 Å². The number of anilines is 1. The molecule has 1 heterocycles. The van der Waals surface area contributed by atoms with Crippen molar-refractivity contribution in [2.45, 2.75) is 6.42 Å². The smallest absolute Gasteiger partial charge is 0.322 e. The lowest BCUT2D eigenvalue weighted by molar-refractivity contribution is 0.205. The number of para-hydroxylation sites is 1. The number of nitrogens with zero attached hydrogens (tertiary/aromatic N) is 3. The number of hydrogen-bond donors (Lipinski definition) is 2. The summed E-state index contributed by atoms with van der Waals surface area (Å²) in [7, 11) is 0. The van der Waals surface area contributed by atoms with Crippen molar-refractivity contribution in [3.8, 4) is 11.8 Å². The molecule has 0 aliphatic carbocycles. The quantitative estimate of drug-likeness (QED) is 0.328. The van der Waals surface area contributed by atoms with E-state index in [9.17, 15) is 10.1 Å². The maximum absolute atomic E-state index is 13.4. The van der Waals surface area contributed by atoms with Gasteiger partial charge in [0.25, 0.3) is 0 Å². The Kier molecular flexibility index (Phi) is 8.92. The molecule has 0 spiro atoms. The molecule has 1 aliphatic rings. The summed E-state index contributed by atoms with van der Waals surface area (Å²) in [5, 5.41) is 17.8. The molecule has 0 unspecified atom stereocenters. The van der Waals surface area contributed by atoms with Gasteiger partial charge in [-0.25, -0.2) is 4.79 Å². The van der Waals surface area contributed by atoms with Crippen LogP contribution < -0.4 is 15.4 Å². The fourth-order valence-corrected chi connectivity index (χ4v) is 4.41. The summed E-state index contributed by atoms with van der Waals surface area (Å²) in [5.74, 6) is 0.565. The predicted octanol–water partition coefficient (Wildman–Crippen LogP) is 4.48. The molecule has 0 aromatic heterocycles. The minimum Gasteiger partial charge on any atom is -0.492 e. The zero-order valence-electron chi connectivity index (χ0n) is 20.6. The third-order valence-corrected chi connectivity index (χ3v) is 6.23. The van der Waals surface area contributed by atoms with E-state index < -0.39 is 0 Å².